The summed E-state index contributed by atoms with van der Waals surface area (Å²) in [5.41, 5.74) is 4.74. The van der Waals surface area contributed by atoms with Gasteiger partial charge in [0.15, 0.2) is 5.78 Å². The third kappa shape index (κ3) is 5.94. The lowest BCUT2D eigenvalue weighted by atomic mass is 9.95. The van der Waals surface area contributed by atoms with E-state index in [4.69, 9.17) is 0 Å². The lowest BCUT2D eigenvalue weighted by Gasteiger charge is -2.13. The average molecular weight is 469 g/mol. The van der Waals surface area contributed by atoms with Crippen molar-refractivity contribution in [1.82, 2.24) is 4.98 Å². The van der Waals surface area contributed by atoms with Crippen molar-refractivity contribution in [1.29, 1.82) is 0 Å². The first kappa shape index (κ1) is 24.8. The predicted molar refractivity (Wildman–Crippen MR) is 144 cm³/mol. The summed E-state index contributed by atoms with van der Waals surface area (Å²) < 4.78 is 15.9. The Bertz CT molecular complexity index is 1290. The molecule has 34 heavy (non-hydrogen) atoms. The first-order chi connectivity index (χ1) is 16.5. The summed E-state index contributed by atoms with van der Waals surface area (Å²) in [5.74, 6) is -0.164. The smallest absolute Gasteiger partial charge is 0.195 e. The highest BCUT2D eigenvalue weighted by Crippen LogP contribution is 2.26. The number of carbonyl (C=O) groups excluding carboxylic acids is 1. The van der Waals surface area contributed by atoms with E-state index in [2.05, 4.69) is 22.9 Å². The molecule has 1 unspecified atom stereocenters. The van der Waals surface area contributed by atoms with Gasteiger partial charge in [-0.1, -0.05) is 61.2 Å². The lowest BCUT2D eigenvalue weighted by molar-refractivity contribution is 0.103. The minimum absolute atomic E-state index is 0.164. The highest BCUT2D eigenvalue weighted by Gasteiger charge is 2.18. The summed E-state index contributed by atoms with van der Waals surface area (Å²) in [6, 6.07) is 17.0. The number of anilines is 1. The number of hydrogen-bond acceptors (Lipinski definition) is 3. The molecular weight excluding hydrogens is 440 g/mol. The van der Waals surface area contributed by atoms with Crippen LogP contribution in [-0.4, -0.2) is 15.0 Å². The topological polar surface area (TPSA) is 59.1 Å². The second kappa shape index (κ2) is 11.9. The average Bonchev–Trinajstić information content (AvgIpc) is 2.87. The molecule has 0 spiro atoms. The highest BCUT2D eigenvalue weighted by atomic mass is 32.2. The standard InChI is InChI=1S/C29H28N2O2S/c1-5-8-15-25(12-6-2)34(33)31-24-17-16-21(4)26(19-24)29(32)27-18-23(20-30-28(27)7-3)22-13-10-9-11-14-22/h5-11,13-20,31H,2-3,12H2,1,4H3/b8-5-,25-15+. The molecule has 0 aliphatic heterocycles. The van der Waals surface area contributed by atoms with Crippen LogP contribution in [0.15, 0.2) is 103 Å². The molecular formula is C29H28N2O2S. The van der Waals surface area contributed by atoms with Crippen LogP contribution in [0.3, 0.4) is 0 Å². The van der Waals surface area contributed by atoms with E-state index >= 15 is 0 Å². The normalized spacial score (nSPS) is 12.4. The van der Waals surface area contributed by atoms with Crippen molar-refractivity contribution >= 4 is 28.5 Å². The van der Waals surface area contributed by atoms with Gasteiger partial charge in [0, 0.05) is 39.9 Å². The van der Waals surface area contributed by atoms with Gasteiger partial charge in [0.1, 0.15) is 11.0 Å². The van der Waals surface area contributed by atoms with E-state index < -0.39 is 11.0 Å². The van der Waals surface area contributed by atoms with Crippen molar-refractivity contribution in [2.24, 2.45) is 0 Å². The van der Waals surface area contributed by atoms with Crippen LogP contribution in [0.5, 0.6) is 0 Å². The molecule has 1 atom stereocenters. The number of rotatable bonds is 10. The molecule has 3 aromatic rings. The summed E-state index contributed by atoms with van der Waals surface area (Å²) in [4.78, 5) is 18.8. The number of benzene rings is 2. The molecule has 0 saturated heterocycles. The van der Waals surface area contributed by atoms with E-state index in [9.17, 15) is 9.00 Å². The number of pyridine rings is 1. The van der Waals surface area contributed by atoms with Gasteiger partial charge in [-0.25, -0.2) is 4.21 Å². The highest BCUT2D eigenvalue weighted by molar-refractivity contribution is 7.90. The van der Waals surface area contributed by atoms with Crippen molar-refractivity contribution < 1.29 is 9.00 Å². The van der Waals surface area contributed by atoms with Gasteiger partial charge in [0.2, 0.25) is 0 Å². The molecule has 1 N–H and O–H groups in total. The van der Waals surface area contributed by atoms with Gasteiger partial charge in [-0.2, -0.15) is 0 Å². The maximum absolute atomic E-state index is 13.6. The number of allylic oxidation sites excluding steroid dienone is 5. The summed E-state index contributed by atoms with van der Waals surface area (Å²) in [5, 5.41) is 0. The second-order valence-electron chi connectivity index (χ2n) is 7.61. The lowest BCUT2D eigenvalue weighted by Crippen LogP contribution is -2.10. The SMILES string of the molecule is C=CC/C(=C\C=C/C)S(=O)Nc1ccc(C)c(C(=O)c2cc(-c3ccccc3)cnc2C=C)c1. The Kier molecular flexibility index (Phi) is 8.66. The number of nitrogens with one attached hydrogen (secondary N) is 1. The quantitative estimate of drug-likeness (QED) is 0.197. The van der Waals surface area contributed by atoms with Crippen molar-refractivity contribution in [3.05, 3.63) is 126 Å². The fourth-order valence-corrected chi connectivity index (χ4v) is 4.35. The molecule has 172 valence electrons. The van der Waals surface area contributed by atoms with Gasteiger partial charge in [-0.15, -0.1) is 6.58 Å². The number of nitrogens with zero attached hydrogens (tertiary/aromatic N) is 1. The van der Waals surface area contributed by atoms with Crippen LogP contribution in [0.25, 0.3) is 17.2 Å². The van der Waals surface area contributed by atoms with Gasteiger partial charge < -0.3 is 4.72 Å². The van der Waals surface area contributed by atoms with E-state index in [-0.39, 0.29) is 5.78 Å². The molecule has 0 aliphatic rings. The number of hydrogen-bond donors (Lipinski definition) is 1. The molecule has 3 rings (SSSR count). The zero-order valence-electron chi connectivity index (χ0n) is 19.5. The summed E-state index contributed by atoms with van der Waals surface area (Å²) in [6.45, 7) is 11.3. The molecule has 1 aromatic heterocycles. The third-order valence-electron chi connectivity index (χ3n) is 5.21. The van der Waals surface area contributed by atoms with Crippen LogP contribution in [0.2, 0.25) is 0 Å². The molecule has 0 radical (unpaired) electrons. The van der Waals surface area contributed by atoms with E-state index in [0.29, 0.717) is 33.8 Å². The van der Waals surface area contributed by atoms with E-state index in [1.165, 1.54) is 0 Å². The first-order valence-corrected chi connectivity index (χ1v) is 12.1. The molecule has 0 saturated carbocycles. The monoisotopic (exact) mass is 468 g/mol. The molecule has 0 aliphatic carbocycles. The van der Waals surface area contributed by atoms with E-state index in [0.717, 1.165) is 16.7 Å². The largest absolute Gasteiger partial charge is 0.301 e. The molecule has 0 bridgehead atoms. The maximum atomic E-state index is 13.6. The maximum Gasteiger partial charge on any atom is 0.195 e. The van der Waals surface area contributed by atoms with Crippen molar-refractivity contribution in [3.63, 3.8) is 0 Å². The van der Waals surface area contributed by atoms with Gasteiger partial charge in [0.05, 0.1) is 5.69 Å². The van der Waals surface area contributed by atoms with Crippen LogP contribution in [0, 0.1) is 6.92 Å². The Balaban J connectivity index is 1.97. The van der Waals surface area contributed by atoms with E-state index in [1.54, 1.807) is 24.4 Å². The summed E-state index contributed by atoms with van der Waals surface area (Å²) in [6.07, 6.45) is 11.0. The zero-order valence-corrected chi connectivity index (χ0v) is 20.3. The summed E-state index contributed by atoms with van der Waals surface area (Å²) in [7, 11) is -1.47. The molecule has 5 heteroatoms. The molecule has 2 aromatic carbocycles. The van der Waals surface area contributed by atoms with Gasteiger partial charge in [-0.3, -0.25) is 9.78 Å². The van der Waals surface area contributed by atoms with Crippen LogP contribution in [0.1, 0.15) is 40.5 Å². The van der Waals surface area contributed by atoms with Gasteiger partial charge in [0.25, 0.3) is 0 Å². The fourth-order valence-electron chi connectivity index (χ4n) is 3.41. The Morgan fingerprint density at radius 2 is 1.82 bits per heavy atom. The first-order valence-electron chi connectivity index (χ1n) is 10.9. The zero-order chi connectivity index (χ0) is 24.5. The van der Waals surface area contributed by atoms with Crippen LogP contribution in [0.4, 0.5) is 5.69 Å². The predicted octanol–water partition coefficient (Wildman–Crippen LogP) is 7.04. The Morgan fingerprint density at radius 3 is 2.50 bits per heavy atom. The minimum atomic E-state index is -1.47. The number of aromatic nitrogens is 1. The third-order valence-corrected chi connectivity index (χ3v) is 6.41. The number of carbonyl (C=O) groups is 1. The fraction of sp³-hybridized carbons (Fsp3) is 0.103. The second-order valence-corrected chi connectivity index (χ2v) is 8.87. The van der Waals surface area contributed by atoms with Gasteiger partial charge >= 0.3 is 0 Å². The van der Waals surface area contributed by atoms with E-state index in [1.807, 2.05) is 80.6 Å². The molecule has 0 amide bonds. The number of ketones is 1. The van der Waals surface area contributed by atoms with Crippen LogP contribution >= 0.6 is 0 Å². The minimum Gasteiger partial charge on any atom is -0.301 e. The van der Waals surface area contributed by atoms with Crippen molar-refractivity contribution in [2.45, 2.75) is 20.3 Å². The van der Waals surface area contributed by atoms with Crippen LogP contribution < -0.4 is 4.72 Å². The van der Waals surface area contributed by atoms with Crippen molar-refractivity contribution in [3.8, 4) is 11.1 Å². The van der Waals surface area contributed by atoms with Gasteiger partial charge in [-0.05, 0) is 55.3 Å². The van der Waals surface area contributed by atoms with Crippen LogP contribution in [-0.2, 0) is 11.0 Å². The Morgan fingerprint density at radius 1 is 1.06 bits per heavy atom. The number of aryl methyl sites for hydroxylation is 1. The van der Waals surface area contributed by atoms with Crippen molar-refractivity contribution in [2.75, 3.05) is 4.72 Å². The molecule has 4 nitrogen and oxygen atoms in total. The molecule has 0 fully saturated rings. The summed E-state index contributed by atoms with van der Waals surface area (Å²) >= 11 is 0. The molecule has 1 heterocycles. The Labute approximate surface area is 204 Å². The Hall–Kier alpha value is -3.83.